The predicted molar refractivity (Wildman–Crippen MR) is 47.1 cm³/mol. The summed E-state index contributed by atoms with van der Waals surface area (Å²) in [5.41, 5.74) is 1.34. The zero-order chi connectivity index (χ0) is 7.40. The largest absolute Gasteiger partial charge is 0.394 e. The molecule has 0 bridgehead atoms. The molecule has 1 N–H and O–H groups in total. The molecule has 54 valence electrons. The second-order valence-corrected chi connectivity index (χ2v) is 3.04. The zero-order valence-electron chi connectivity index (χ0n) is 6.22. The molecule has 0 fully saturated rings. The molecule has 0 unspecified atom stereocenters. The Labute approximate surface area is 65.4 Å². The number of rotatable bonds is 2. The summed E-state index contributed by atoms with van der Waals surface area (Å²) in [5.74, 6) is 0. The fourth-order valence-corrected chi connectivity index (χ4v) is 1.53. The normalized spacial score (nSPS) is 10.6. The lowest BCUT2D eigenvalue weighted by Gasteiger charge is -1.88. The monoisotopic (exact) mass is 153 g/mol. The van der Waals surface area contributed by atoms with Gasteiger partial charge in [-0.2, -0.15) is 0 Å². The maximum Gasteiger partial charge on any atom is 0.0313 e. The number of hydrogen-bond acceptors (Lipinski definition) is 2. The summed E-state index contributed by atoms with van der Waals surface area (Å²) >= 11 is 1.76. The van der Waals surface area contributed by atoms with Crippen molar-refractivity contribution in [2.45, 2.75) is 6.92 Å². The van der Waals surface area contributed by atoms with E-state index < -0.39 is 0 Å². The molecule has 0 aliphatic carbocycles. The van der Waals surface area contributed by atoms with Crippen LogP contribution in [0.1, 0.15) is 10.4 Å². The summed E-state index contributed by atoms with van der Waals surface area (Å²) < 4.78 is 0. The van der Waals surface area contributed by atoms with Gasteiger partial charge in [-0.3, -0.25) is 0 Å². The van der Waals surface area contributed by atoms with E-state index in [9.17, 15) is 0 Å². The molecular formula is C8H11NS. The van der Waals surface area contributed by atoms with Crippen molar-refractivity contribution in [3.05, 3.63) is 28.1 Å². The number of aryl methyl sites for hydroxylation is 1. The lowest BCUT2D eigenvalue weighted by atomic mass is 10.3. The SMILES string of the molecule is CN/C=C\c1sccc1C. The number of nitrogens with one attached hydrogen (secondary N) is 1. The molecule has 0 saturated carbocycles. The van der Waals surface area contributed by atoms with Gasteiger partial charge in [-0.1, -0.05) is 0 Å². The van der Waals surface area contributed by atoms with Gasteiger partial charge in [0.2, 0.25) is 0 Å². The van der Waals surface area contributed by atoms with Crippen molar-refractivity contribution in [3.63, 3.8) is 0 Å². The minimum atomic E-state index is 1.33. The highest BCUT2D eigenvalue weighted by Crippen LogP contribution is 2.16. The second kappa shape index (κ2) is 3.42. The van der Waals surface area contributed by atoms with Crippen molar-refractivity contribution < 1.29 is 0 Å². The third kappa shape index (κ3) is 1.61. The highest BCUT2D eigenvalue weighted by atomic mass is 32.1. The summed E-state index contributed by atoms with van der Waals surface area (Å²) in [7, 11) is 1.90. The van der Waals surface area contributed by atoms with Gasteiger partial charge in [0, 0.05) is 11.9 Å². The van der Waals surface area contributed by atoms with Crippen molar-refractivity contribution in [1.82, 2.24) is 5.32 Å². The van der Waals surface area contributed by atoms with Crippen LogP contribution >= 0.6 is 11.3 Å². The summed E-state index contributed by atoms with van der Waals surface area (Å²) in [4.78, 5) is 1.33. The van der Waals surface area contributed by atoms with Crippen LogP contribution in [0.5, 0.6) is 0 Å². The average molecular weight is 153 g/mol. The molecule has 0 aromatic carbocycles. The van der Waals surface area contributed by atoms with Gasteiger partial charge in [-0.05, 0) is 36.2 Å². The van der Waals surface area contributed by atoms with Gasteiger partial charge < -0.3 is 5.32 Å². The Hall–Kier alpha value is -0.760. The van der Waals surface area contributed by atoms with Gasteiger partial charge in [-0.15, -0.1) is 11.3 Å². The first-order valence-corrected chi connectivity index (χ1v) is 4.10. The molecular weight excluding hydrogens is 142 g/mol. The Bertz CT molecular complexity index is 225. The number of thiophene rings is 1. The van der Waals surface area contributed by atoms with Gasteiger partial charge in [0.1, 0.15) is 0 Å². The molecule has 0 aliphatic heterocycles. The van der Waals surface area contributed by atoms with E-state index in [4.69, 9.17) is 0 Å². The molecule has 0 saturated heterocycles. The summed E-state index contributed by atoms with van der Waals surface area (Å²) in [6, 6.07) is 2.12. The first-order chi connectivity index (χ1) is 4.84. The molecule has 0 amide bonds. The van der Waals surface area contributed by atoms with Crippen LogP contribution in [0, 0.1) is 6.92 Å². The smallest absolute Gasteiger partial charge is 0.0313 e. The fourth-order valence-electron chi connectivity index (χ4n) is 0.714. The molecule has 0 aliphatic rings. The van der Waals surface area contributed by atoms with Gasteiger partial charge in [0.25, 0.3) is 0 Å². The van der Waals surface area contributed by atoms with Crippen molar-refractivity contribution in [3.8, 4) is 0 Å². The van der Waals surface area contributed by atoms with Crippen molar-refractivity contribution in [2.75, 3.05) is 7.05 Å². The van der Waals surface area contributed by atoms with Crippen LogP contribution in [-0.4, -0.2) is 7.05 Å². The van der Waals surface area contributed by atoms with Crippen LogP contribution in [0.25, 0.3) is 6.08 Å². The third-order valence-electron chi connectivity index (χ3n) is 1.30. The molecule has 1 aromatic rings. The molecule has 2 heteroatoms. The quantitative estimate of drug-likeness (QED) is 0.687. The Balaban J connectivity index is 2.74. The molecule has 1 aromatic heterocycles. The lowest BCUT2D eigenvalue weighted by molar-refractivity contribution is 1.11. The van der Waals surface area contributed by atoms with Crippen LogP contribution < -0.4 is 5.32 Å². The maximum absolute atomic E-state index is 2.96. The van der Waals surface area contributed by atoms with E-state index in [1.807, 2.05) is 13.2 Å². The van der Waals surface area contributed by atoms with E-state index in [1.165, 1.54) is 10.4 Å². The molecule has 10 heavy (non-hydrogen) atoms. The van der Waals surface area contributed by atoms with Crippen LogP contribution in [0.2, 0.25) is 0 Å². The fraction of sp³-hybridized carbons (Fsp3) is 0.250. The Morgan fingerprint density at radius 1 is 1.60 bits per heavy atom. The first kappa shape index (κ1) is 7.35. The van der Waals surface area contributed by atoms with E-state index in [1.54, 1.807) is 11.3 Å². The van der Waals surface area contributed by atoms with Crippen LogP contribution in [0.4, 0.5) is 0 Å². The van der Waals surface area contributed by atoms with E-state index in [0.717, 1.165) is 0 Å². The standard InChI is InChI=1S/C8H11NS/c1-7-4-6-10-8(7)3-5-9-2/h3-6,9H,1-2H3/b5-3-. The van der Waals surface area contributed by atoms with Crippen molar-refractivity contribution in [2.24, 2.45) is 0 Å². The minimum absolute atomic E-state index is 1.33. The molecule has 0 radical (unpaired) electrons. The van der Waals surface area contributed by atoms with E-state index in [-0.39, 0.29) is 0 Å². The average Bonchev–Trinajstić information content (AvgIpc) is 2.31. The second-order valence-electron chi connectivity index (χ2n) is 2.09. The Morgan fingerprint density at radius 3 is 2.90 bits per heavy atom. The number of hydrogen-bond donors (Lipinski definition) is 1. The highest BCUT2D eigenvalue weighted by molar-refractivity contribution is 7.11. The zero-order valence-corrected chi connectivity index (χ0v) is 7.03. The van der Waals surface area contributed by atoms with E-state index in [0.29, 0.717) is 0 Å². The molecule has 1 rings (SSSR count). The topological polar surface area (TPSA) is 12.0 Å². The summed E-state index contributed by atoms with van der Waals surface area (Å²) in [5, 5.41) is 5.06. The van der Waals surface area contributed by atoms with Gasteiger partial charge in [0.05, 0.1) is 0 Å². The molecule has 1 nitrogen and oxygen atoms in total. The summed E-state index contributed by atoms with van der Waals surface area (Å²) in [6.07, 6.45) is 4.03. The molecule has 0 spiro atoms. The summed E-state index contributed by atoms with van der Waals surface area (Å²) in [6.45, 7) is 2.12. The van der Waals surface area contributed by atoms with Crippen molar-refractivity contribution >= 4 is 17.4 Å². The lowest BCUT2D eigenvalue weighted by Crippen LogP contribution is -1.90. The molecule has 1 heterocycles. The van der Waals surface area contributed by atoms with E-state index in [2.05, 4.69) is 29.8 Å². The van der Waals surface area contributed by atoms with Gasteiger partial charge in [0.15, 0.2) is 0 Å². The van der Waals surface area contributed by atoms with Gasteiger partial charge >= 0.3 is 0 Å². The van der Waals surface area contributed by atoms with Gasteiger partial charge in [-0.25, -0.2) is 0 Å². The first-order valence-electron chi connectivity index (χ1n) is 3.22. The maximum atomic E-state index is 2.96. The Kier molecular flexibility index (Phi) is 2.51. The van der Waals surface area contributed by atoms with E-state index >= 15 is 0 Å². The van der Waals surface area contributed by atoms with Crippen LogP contribution in [0.3, 0.4) is 0 Å². The minimum Gasteiger partial charge on any atom is -0.394 e. The van der Waals surface area contributed by atoms with Crippen LogP contribution in [-0.2, 0) is 0 Å². The van der Waals surface area contributed by atoms with Crippen LogP contribution in [0.15, 0.2) is 17.6 Å². The Morgan fingerprint density at radius 2 is 2.40 bits per heavy atom. The third-order valence-corrected chi connectivity index (χ3v) is 2.29. The molecule has 0 atom stereocenters. The van der Waals surface area contributed by atoms with Crippen molar-refractivity contribution in [1.29, 1.82) is 0 Å². The highest BCUT2D eigenvalue weighted by Gasteiger charge is 1.91. The predicted octanol–water partition coefficient (Wildman–Crippen LogP) is 2.25.